The van der Waals surface area contributed by atoms with Crippen LogP contribution in [0.1, 0.15) is 121 Å². The zero-order valence-corrected chi connectivity index (χ0v) is 27.6. The van der Waals surface area contributed by atoms with Gasteiger partial charge in [-0.1, -0.05) is 106 Å². The molecule has 0 fully saturated rings. The lowest BCUT2D eigenvalue weighted by atomic mass is 9.61. The number of benzene rings is 3. The Morgan fingerprint density at radius 2 is 1.37 bits per heavy atom. The van der Waals surface area contributed by atoms with E-state index in [0.29, 0.717) is 24.5 Å². The van der Waals surface area contributed by atoms with Gasteiger partial charge in [0.1, 0.15) is 23.9 Å². The zero-order valence-electron chi connectivity index (χ0n) is 27.6. The van der Waals surface area contributed by atoms with Crippen LogP contribution in [0, 0.1) is 0 Å². The van der Waals surface area contributed by atoms with Gasteiger partial charge in [0.05, 0.1) is 5.41 Å². The summed E-state index contributed by atoms with van der Waals surface area (Å²) in [4.78, 5) is 11.3. The van der Waals surface area contributed by atoms with Gasteiger partial charge < -0.3 is 19.7 Å². The summed E-state index contributed by atoms with van der Waals surface area (Å²) in [6.45, 7) is 22.6. The lowest BCUT2D eigenvalue weighted by Gasteiger charge is -2.43. The molecule has 0 radical (unpaired) electrons. The topological polar surface area (TPSA) is 76.0 Å². The maximum atomic E-state index is 11.4. The predicted molar refractivity (Wildman–Crippen MR) is 172 cm³/mol. The fourth-order valence-corrected chi connectivity index (χ4v) is 7.12. The lowest BCUT2D eigenvalue weighted by Crippen LogP contribution is -2.37. The van der Waals surface area contributed by atoms with Crippen molar-refractivity contribution in [2.75, 3.05) is 6.61 Å². The Balaban J connectivity index is 1.75. The molecule has 43 heavy (non-hydrogen) atoms. The summed E-state index contributed by atoms with van der Waals surface area (Å²) in [6, 6.07) is 16.7. The molecule has 2 aliphatic rings. The average Bonchev–Trinajstić information content (AvgIpc) is 3.24. The quantitative estimate of drug-likeness (QED) is 0.236. The van der Waals surface area contributed by atoms with E-state index in [1.807, 2.05) is 6.07 Å². The number of hydrogen-bond acceptors (Lipinski definition) is 4. The van der Waals surface area contributed by atoms with Gasteiger partial charge in [-0.15, -0.1) is 0 Å². The second kappa shape index (κ2) is 10.0. The molecule has 1 atom stereocenters. The molecule has 1 heterocycles. The highest BCUT2D eigenvalue weighted by Crippen LogP contribution is 2.52. The molecule has 0 saturated heterocycles. The standard InChI is InChI=1S/C38H48O5/c1-34(2,3)29-17-23(18-30(32(29)39)35(4,5)6)21-38(22-42-31-20-25(43-33(40)41)12-14-27(31)38)24-11-13-26-28(19-24)37(9,10)16-15-36(26,7)8/h11-14,17-20,39H,15-16,21-22H2,1-10H3,(H,40,41). The first-order valence-electron chi connectivity index (χ1n) is 15.5. The molecule has 3 aromatic rings. The van der Waals surface area contributed by atoms with Gasteiger partial charge in [0.15, 0.2) is 0 Å². The van der Waals surface area contributed by atoms with Crippen molar-refractivity contribution in [3.63, 3.8) is 0 Å². The Morgan fingerprint density at radius 1 is 0.814 bits per heavy atom. The third-order valence-electron chi connectivity index (χ3n) is 9.84. The molecule has 1 aliphatic carbocycles. The number of phenols is 1. The third kappa shape index (κ3) is 5.52. The highest BCUT2D eigenvalue weighted by Gasteiger charge is 2.45. The normalized spacial score (nSPS) is 20.6. The fraction of sp³-hybridized carbons (Fsp3) is 0.500. The molecule has 5 nitrogen and oxygen atoms in total. The van der Waals surface area contributed by atoms with Crippen molar-refractivity contribution in [1.82, 2.24) is 0 Å². The Labute approximate surface area is 257 Å². The van der Waals surface area contributed by atoms with Crippen LogP contribution in [0.25, 0.3) is 0 Å². The maximum Gasteiger partial charge on any atom is 0.511 e. The van der Waals surface area contributed by atoms with E-state index in [0.717, 1.165) is 35.1 Å². The minimum atomic E-state index is -1.35. The molecular weight excluding hydrogens is 536 g/mol. The monoisotopic (exact) mass is 584 g/mol. The minimum Gasteiger partial charge on any atom is -0.507 e. The molecule has 3 aromatic carbocycles. The van der Waals surface area contributed by atoms with Crippen LogP contribution >= 0.6 is 0 Å². The largest absolute Gasteiger partial charge is 0.511 e. The van der Waals surface area contributed by atoms with E-state index in [2.05, 4.69) is 99.6 Å². The molecule has 2 N–H and O–H groups in total. The van der Waals surface area contributed by atoms with Crippen molar-refractivity contribution in [1.29, 1.82) is 0 Å². The van der Waals surface area contributed by atoms with Gasteiger partial charge in [-0.25, -0.2) is 4.79 Å². The first-order chi connectivity index (χ1) is 19.7. The maximum absolute atomic E-state index is 11.4. The van der Waals surface area contributed by atoms with Crippen molar-refractivity contribution in [3.05, 3.63) is 87.5 Å². The number of aromatic hydroxyl groups is 1. The lowest BCUT2D eigenvalue weighted by molar-refractivity contribution is 0.144. The van der Waals surface area contributed by atoms with Crippen LogP contribution < -0.4 is 9.47 Å². The van der Waals surface area contributed by atoms with Crippen LogP contribution in [0.4, 0.5) is 4.79 Å². The highest BCUT2D eigenvalue weighted by atomic mass is 16.7. The van der Waals surface area contributed by atoms with Crippen molar-refractivity contribution in [2.45, 2.75) is 116 Å². The number of carbonyl (C=O) groups is 1. The molecule has 1 unspecified atom stereocenters. The molecule has 1 aliphatic heterocycles. The van der Waals surface area contributed by atoms with E-state index >= 15 is 0 Å². The Bertz CT molecular complexity index is 1550. The van der Waals surface area contributed by atoms with Crippen LogP contribution in [0.3, 0.4) is 0 Å². The predicted octanol–water partition coefficient (Wildman–Crippen LogP) is 9.31. The Hall–Kier alpha value is -3.47. The zero-order chi connectivity index (χ0) is 31.8. The summed E-state index contributed by atoms with van der Waals surface area (Å²) < 4.78 is 11.4. The summed E-state index contributed by atoms with van der Waals surface area (Å²) in [5.41, 5.74) is 7.11. The Morgan fingerprint density at radius 3 is 1.93 bits per heavy atom. The number of carboxylic acid groups (broad SMARTS) is 1. The van der Waals surface area contributed by atoms with Crippen molar-refractivity contribution >= 4 is 6.16 Å². The van der Waals surface area contributed by atoms with Crippen molar-refractivity contribution in [3.8, 4) is 17.2 Å². The minimum absolute atomic E-state index is 0.0425. The fourth-order valence-electron chi connectivity index (χ4n) is 7.12. The number of fused-ring (bicyclic) bond motifs is 2. The van der Waals surface area contributed by atoms with E-state index in [9.17, 15) is 15.0 Å². The van der Waals surface area contributed by atoms with Gasteiger partial charge in [0.2, 0.25) is 0 Å². The number of rotatable bonds is 4. The molecule has 0 aromatic heterocycles. The highest BCUT2D eigenvalue weighted by molar-refractivity contribution is 5.63. The summed E-state index contributed by atoms with van der Waals surface area (Å²) >= 11 is 0. The number of hydrogen-bond donors (Lipinski definition) is 2. The smallest absolute Gasteiger partial charge is 0.507 e. The average molecular weight is 585 g/mol. The second-order valence-electron chi connectivity index (χ2n) is 16.1. The number of ether oxygens (including phenoxy) is 2. The first-order valence-corrected chi connectivity index (χ1v) is 15.5. The molecule has 0 amide bonds. The van der Waals surface area contributed by atoms with Crippen molar-refractivity contribution < 1.29 is 24.5 Å². The molecular formula is C38H48O5. The van der Waals surface area contributed by atoms with E-state index < -0.39 is 11.6 Å². The summed E-state index contributed by atoms with van der Waals surface area (Å²) in [6.07, 6.45) is 1.58. The first kappa shape index (κ1) is 31.0. The van der Waals surface area contributed by atoms with Crippen LogP contribution in [-0.2, 0) is 33.5 Å². The molecule has 5 rings (SSSR count). The van der Waals surface area contributed by atoms with Crippen LogP contribution in [0.2, 0.25) is 0 Å². The van der Waals surface area contributed by atoms with Gasteiger partial charge in [0, 0.05) is 11.6 Å². The molecule has 0 saturated carbocycles. The van der Waals surface area contributed by atoms with Crippen LogP contribution in [0.5, 0.6) is 17.2 Å². The van der Waals surface area contributed by atoms with Crippen LogP contribution in [-0.4, -0.2) is 23.0 Å². The van der Waals surface area contributed by atoms with Crippen LogP contribution in [0.15, 0.2) is 48.5 Å². The summed E-state index contributed by atoms with van der Waals surface area (Å²) in [5, 5.41) is 20.7. The SMILES string of the molecule is CC(C)(C)c1cc(CC2(c3ccc4c(c3)C(C)(C)CCC4(C)C)COc3cc(OC(=O)O)ccc32)cc(C(C)(C)C)c1O. The van der Waals surface area contributed by atoms with E-state index in [-0.39, 0.29) is 27.4 Å². The van der Waals surface area contributed by atoms with Gasteiger partial charge in [-0.05, 0) is 80.4 Å². The van der Waals surface area contributed by atoms with Crippen molar-refractivity contribution in [2.24, 2.45) is 0 Å². The van der Waals surface area contributed by atoms with Gasteiger partial charge >= 0.3 is 6.16 Å². The Kier molecular flexibility index (Phi) is 7.23. The van der Waals surface area contributed by atoms with Gasteiger partial charge in [-0.2, -0.15) is 0 Å². The van der Waals surface area contributed by atoms with Gasteiger partial charge in [-0.3, -0.25) is 0 Å². The molecule has 5 heteroatoms. The van der Waals surface area contributed by atoms with Gasteiger partial charge in [0.25, 0.3) is 0 Å². The third-order valence-corrected chi connectivity index (χ3v) is 9.84. The van der Waals surface area contributed by atoms with E-state index in [1.54, 1.807) is 12.1 Å². The molecule has 0 bridgehead atoms. The van der Waals surface area contributed by atoms with E-state index in [1.165, 1.54) is 16.7 Å². The summed E-state index contributed by atoms with van der Waals surface area (Å²) in [5.74, 6) is 1.25. The molecule has 230 valence electrons. The molecule has 0 spiro atoms. The second-order valence-corrected chi connectivity index (χ2v) is 16.1. The number of phenolic OH excluding ortho intramolecular Hbond substituents is 1. The van der Waals surface area contributed by atoms with E-state index in [4.69, 9.17) is 9.47 Å². The summed E-state index contributed by atoms with van der Waals surface area (Å²) in [7, 11) is 0.